The fourth-order valence-corrected chi connectivity index (χ4v) is 4.19. The van der Waals surface area contributed by atoms with Crippen molar-refractivity contribution in [2.75, 3.05) is 0 Å². The van der Waals surface area contributed by atoms with E-state index in [1.165, 1.54) is 27.9 Å². The molecule has 0 amide bonds. The Morgan fingerprint density at radius 1 is 1.03 bits per heavy atom. The number of aromatic carboxylic acids is 1. The molecule has 4 rings (SSSR count). The number of aryl methyl sites for hydroxylation is 1. The molecule has 0 aliphatic rings. The van der Waals surface area contributed by atoms with Gasteiger partial charge >= 0.3 is 11.7 Å². The number of nitrogens with zero attached hydrogens (tertiary/aromatic N) is 2. The van der Waals surface area contributed by atoms with Gasteiger partial charge in [-0.1, -0.05) is 54.3 Å². The van der Waals surface area contributed by atoms with Gasteiger partial charge in [-0.05, 0) is 30.2 Å². The molecule has 1 N–H and O–H groups in total. The molecule has 0 aliphatic carbocycles. The number of carboxylic acid groups (broad SMARTS) is 1. The molecule has 0 atom stereocenters. The van der Waals surface area contributed by atoms with Gasteiger partial charge in [0.05, 0.1) is 17.0 Å². The van der Waals surface area contributed by atoms with Crippen molar-refractivity contribution < 1.29 is 9.90 Å². The van der Waals surface area contributed by atoms with Gasteiger partial charge in [0, 0.05) is 18.2 Å². The summed E-state index contributed by atoms with van der Waals surface area (Å²) >= 11 is 1.32. The Balaban J connectivity index is 1.68. The Kier molecular flexibility index (Phi) is 5.56. The van der Waals surface area contributed by atoms with Crippen LogP contribution in [0.15, 0.2) is 70.4 Å². The van der Waals surface area contributed by atoms with Gasteiger partial charge in [0.25, 0.3) is 5.56 Å². The molecule has 2 aromatic heterocycles. The summed E-state index contributed by atoms with van der Waals surface area (Å²) in [5.41, 5.74) is 1.59. The first-order valence-corrected chi connectivity index (χ1v) is 10.4. The van der Waals surface area contributed by atoms with Crippen molar-refractivity contribution in [3.8, 4) is 11.8 Å². The highest BCUT2D eigenvalue weighted by Gasteiger charge is 2.14. The number of carbonyl (C=O) groups is 1. The van der Waals surface area contributed by atoms with Crippen LogP contribution < -0.4 is 11.2 Å². The molecule has 0 aliphatic heterocycles. The molecule has 7 heteroatoms. The Morgan fingerprint density at radius 3 is 2.42 bits per heavy atom. The normalized spacial score (nSPS) is 10.6. The van der Waals surface area contributed by atoms with E-state index in [0.717, 1.165) is 10.1 Å². The number of hydrogen-bond acceptors (Lipinski definition) is 4. The monoisotopic (exact) mass is 430 g/mol. The van der Waals surface area contributed by atoms with Crippen molar-refractivity contribution >= 4 is 22.1 Å². The van der Waals surface area contributed by atoms with Gasteiger partial charge in [-0.25, -0.2) is 9.59 Å². The van der Waals surface area contributed by atoms with Gasteiger partial charge in [0.1, 0.15) is 4.83 Å². The van der Waals surface area contributed by atoms with E-state index in [4.69, 9.17) is 5.11 Å². The van der Waals surface area contributed by atoms with E-state index in [2.05, 4.69) is 11.8 Å². The fourth-order valence-electron chi connectivity index (χ4n) is 3.23. The van der Waals surface area contributed by atoms with Crippen LogP contribution in [0.1, 0.15) is 31.9 Å². The molecule has 2 heterocycles. The number of hydrogen-bond donors (Lipinski definition) is 1. The molecule has 4 aromatic rings. The maximum absolute atomic E-state index is 13.0. The van der Waals surface area contributed by atoms with Gasteiger partial charge in [-0.3, -0.25) is 13.8 Å². The van der Waals surface area contributed by atoms with Crippen molar-refractivity contribution in [3.63, 3.8) is 0 Å². The summed E-state index contributed by atoms with van der Waals surface area (Å²) in [4.78, 5) is 38.1. The highest BCUT2D eigenvalue weighted by molar-refractivity contribution is 7.18. The van der Waals surface area contributed by atoms with Gasteiger partial charge < -0.3 is 5.11 Å². The molecule has 0 bridgehead atoms. The largest absolute Gasteiger partial charge is 0.478 e. The molecule has 0 spiro atoms. The van der Waals surface area contributed by atoms with Crippen LogP contribution in [0.2, 0.25) is 0 Å². The first kappa shape index (κ1) is 20.4. The van der Waals surface area contributed by atoms with Crippen molar-refractivity contribution in [2.45, 2.75) is 19.9 Å². The Morgan fingerprint density at radius 2 is 1.74 bits per heavy atom. The zero-order valence-electron chi connectivity index (χ0n) is 16.7. The summed E-state index contributed by atoms with van der Waals surface area (Å²) in [7, 11) is 0. The highest BCUT2D eigenvalue weighted by Crippen LogP contribution is 2.17. The summed E-state index contributed by atoms with van der Waals surface area (Å²) in [5, 5.41) is 9.02. The quantitative estimate of drug-likeness (QED) is 0.505. The smallest absolute Gasteiger partial charge is 0.336 e. The molecular weight excluding hydrogens is 412 g/mol. The third-order valence-corrected chi connectivity index (χ3v) is 6.01. The standard InChI is InChI=1S/C24H18N2O4S/c1-16-21(27)25(14-18-10-12-19(13-11-18)23(28)29)24(30)26-15-20(31-22(16)26)9-5-8-17-6-3-2-4-7-17/h2-4,6-7,10-13,15H,8,14H2,1H3,(H,28,29). The molecule has 6 nitrogen and oxygen atoms in total. The first-order valence-electron chi connectivity index (χ1n) is 9.54. The molecule has 0 saturated carbocycles. The average Bonchev–Trinajstić information content (AvgIpc) is 3.21. The van der Waals surface area contributed by atoms with Crippen LogP contribution in [-0.2, 0) is 13.0 Å². The number of thiazole rings is 1. The summed E-state index contributed by atoms with van der Waals surface area (Å²) in [6.07, 6.45) is 2.26. The summed E-state index contributed by atoms with van der Waals surface area (Å²) < 4.78 is 2.62. The second-order valence-electron chi connectivity index (χ2n) is 7.04. The average molecular weight is 430 g/mol. The lowest BCUT2D eigenvalue weighted by Crippen LogP contribution is -2.38. The number of aromatic nitrogens is 2. The predicted octanol–water partition coefficient (Wildman–Crippen LogP) is 3.17. The minimum absolute atomic E-state index is 0.0617. The minimum atomic E-state index is -1.03. The van der Waals surface area contributed by atoms with Crippen LogP contribution in [0.4, 0.5) is 0 Å². The van der Waals surface area contributed by atoms with E-state index in [1.807, 2.05) is 30.3 Å². The zero-order valence-corrected chi connectivity index (χ0v) is 17.5. The SMILES string of the molecule is Cc1c(=O)n(Cc2ccc(C(=O)O)cc2)c(=O)n2cc(C#CCc3ccccc3)sc12. The van der Waals surface area contributed by atoms with Crippen LogP contribution in [0.25, 0.3) is 4.83 Å². The first-order chi connectivity index (χ1) is 14.9. The lowest BCUT2D eigenvalue weighted by molar-refractivity contribution is 0.0697. The lowest BCUT2D eigenvalue weighted by atomic mass is 10.1. The van der Waals surface area contributed by atoms with Gasteiger partial charge in [-0.15, -0.1) is 11.3 Å². The molecular formula is C24H18N2O4S. The van der Waals surface area contributed by atoms with Crippen LogP contribution in [-0.4, -0.2) is 20.0 Å². The van der Waals surface area contributed by atoms with Crippen molar-refractivity contribution in [1.82, 2.24) is 8.97 Å². The molecule has 31 heavy (non-hydrogen) atoms. The summed E-state index contributed by atoms with van der Waals surface area (Å²) in [6.45, 7) is 1.75. The third-order valence-electron chi connectivity index (χ3n) is 4.88. The Bertz CT molecular complexity index is 1450. The molecule has 0 unspecified atom stereocenters. The predicted molar refractivity (Wildman–Crippen MR) is 120 cm³/mol. The van der Waals surface area contributed by atoms with E-state index < -0.39 is 11.7 Å². The topological polar surface area (TPSA) is 80.8 Å². The number of benzene rings is 2. The molecule has 2 aromatic carbocycles. The zero-order chi connectivity index (χ0) is 22.0. The molecule has 0 radical (unpaired) electrons. The fraction of sp³-hybridized carbons (Fsp3) is 0.125. The molecule has 0 saturated heterocycles. The van der Waals surface area contributed by atoms with E-state index in [1.54, 1.807) is 25.3 Å². The highest BCUT2D eigenvalue weighted by atomic mass is 32.1. The Hall–Kier alpha value is -3.89. The van der Waals surface area contributed by atoms with E-state index >= 15 is 0 Å². The summed E-state index contributed by atoms with van der Waals surface area (Å²) in [6, 6.07) is 16.0. The van der Waals surface area contributed by atoms with E-state index in [9.17, 15) is 14.4 Å². The van der Waals surface area contributed by atoms with Crippen molar-refractivity contribution in [2.24, 2.45) is 0 Å². The van der Waals surface area contributed by atoms with Crippen LogP contribution >= 0.6 is 11.3 Å². The summed E-state index contributed by atoms with van der Waals surface area (Å²) in [5.74, 6) is 5.17. The van der Waals surface area contributed by atoms with Crippen LogP contribution in [0, 0.1) is 18.8 Å². The van der Waals surface area contributed by atoms with Gasteiger partial charge in [0.2, 0.25) is 0 Å². The van der Waals surface area contributed by atoms with E-state index in [0.29, 0.717) is 27.3 Å². The van der Waals surface area contributed by atoms with Crippen molar-refractivity contribution in [3.05, 3.63) is 109 Å². The second-order valence-corrected chi connectivity index (χ2v) is 8.07. The molecule has 154 valence electrons. The maximum atomic E-state index is 13.0. The van der Waals surface area contributed by atoms with E-state index in [-0.39, 0.29) is 17.7 Å². The van der Waals surface area contributed by atoms with Crippen LogP contribution in [0.5, 0.6) is 0 Å². The minimum Gasteiger partial charge on any atom is -0.478 e. The van der Waals surface area contributed by atoms with Crippen molar-refractivity contribution in [1.29, 1.82) is 0 Å². The van der Waals surface area contributed by atoms with Gasteiger partial charge in [-0.2, -0.15) is 0 Å². The number of fused-ring (bicyclic) bond motifs is 1. The van der Waals surface area contributed by atoms with Gasteiger partial charge in [0.15, 0.2) is 0 Å². The number of rotatable bonds is 4. The lowest BCUT2D eigenvalue weighted by Gasteiger charge is -2.08. The second kappa shape index (κ2) is 8.46. The molecule has 0 fully saturated rings. The number of carboxylic acids is 1. The maximum Gasteiger partial charge on any atom is 0.336 e. The Labute approximate surface area is 181 Å². The van der Waals surface area contributed by atoms with Crippen LogP contribution in [0.3, 0.4) is 0 Å². The third kappa shape index (κ3) is 4.20.